The van der Waals surface area contributed by atoms with Crippen LogP contribution < -0.4 is 0 Å². The van der Waals surface area contributed by atoms with Crippen molar-refractivity contribution in [2.24, 2.45) is 0 Å². The number of hydrogen-bond donors (Lipinski definition) is 2. The second-order valence-electron chi connectivity index (χ2n) is 12.4. The SMILES string of the molecule is CCCCCCCCCCCCCCCCCCCCCCCCCCCCCCCCC[CH2][Na].O=S(=O)(O)O. The van der Waals surface area contributed by atoms with E-state index >= 15 is 0 Å². The zero-order chi connectivity index (χ0) is 29.8. The summed E-state index contributed by atoms with van der Waals surface area (Å²) >= 11 is 1.41. The van der Waals surface area contributed by atoms with Gasteiger partial charge in [0.15, 0.2) is 0 Å². The fraction of sp³-hybridized carbons (Fsp3) is 1.00. The molecule has 0 aliphatic carbocycles. The molecule has 0 aliphatic heterocycles. The van der Waals surface area contributed by atoms with E-state index in [1.165, 1.54) is 237 Å². The van der Waals surface area contributed by atoms with Crippen molar-refractivity contribution in [2.75, 3.05) is 0 Å². The topological polar surface area (TPSA) is 74.6 Å². The Balaban J connectivity index is 0. The Morgan fingerprint density at radius 1 is 0.350 bits per heavy atom. The van der Waals surface area contributed by atoms with Gasteiger partial charge < -0.3 is 0 Å². The van der Waals surface area contributed by atoms with Crippen molar-refractivity contribution < 1.29 is 17.5 Å². The van der Waals surface area contributed by atoms with Gasteiger partial charge in [0.1, 0.15) is 0 Å². The van der Waals surface area contributed by atoms with Crippen LogP contribution in [0.5, 0.6) is 0 Å². The van der Waals surface area contributed by atoms with E-state index in [9.17, 15) is 0 Å². The van der Waals surface area contributed by atoms with Gasteiger partial charge in [0.25, 0.3) is 0 Å². The van der Waals surface area contributed by atoms with Gasteiger partial charge in [-0.05, 0) is 0 Å². The molecule has 0 amide bonds. The predicted molar refractivity (Wildman–Crippen MR) is 178 cm³/mol. The van der Waals surface area contributed by atoms with E-state index in [1.807, 2.05) is 0 Å². The van der Waals surface area contributed by atoms with E-state index in [-0.39, 0.29) is 0 Å². The van der Waals surface area contributed by atoms with Gasteiger partial charge in [0, 0.05) is 0 Å². The first-order chi connectivity index (χ1) is 19.4. The first-order valence-corrected chi connectivity index (χ1v) is 20.9. The van der Waals surface area contributed by atoms with Crippen molar-refractivity contribution in [3.63, 3.8) is 0 Å². The molecule has 0 aliphatic rings. The maximum Gasteiger partial charge on any atom is 0.394 e. The van der Waals surface area contributed by atoms with Gasteiger partial charge in [0.2, 0.25) is 0 Å². The largest absolute Gasteiger partial charge is 0.394 e. The molecule has 238 valence electrons. The van der Waals surface area contributed by atoms with Gasteiger partial charge >= 0.3 is 113 Å². The Kier molecular flexibility index (Phi) is 40.7. The maximum absolute atomic E-state index is 8.74. The second kappa shape index (κ2) is 37.9. The normalized spacial score (nSPS) is 11.5. The van der Waals surface area contributed by atoms with Crippen molar-refractivity contribution in [2.45, 2.75) is 216 Å². The Hall–Kier alpha value is 0.870. The van der Waals surface area contributed by atoms with Crippen molar-refractivity contribution in [3.8, 4) is 0 Å². The average molecular weight is 599 g/mol. The molecule has 0 saturated heterocycles. The zero-order valence-electron chi connectivity index (χ0n) is 27.5. The molecule has 2 N–H and O–H groups in total. The molecule has 0 spiro atoms. The van der Waals surface area contributed by atoms with Gasteiger partial charge in [-0.2, -0.15) is 8.42 Å². The summed E-state index contributed by atoms with van der Waals surface area (Å²) in [7, 11) is -4.67. The summed E-state index contributed by atoms with van der Waals surface area (Å²) in [4.78, 5) is 0. The zero-order valence-corrected chi connectivity index (χ0v) is 30.3. The second-order valence-corrected chi connectivity index (χ2v) is 14.3. The third-order valence-corrected chi connectivity index (χ3v) is 8.91. The molecule has 0 rings (SSSR count). The minimum atomic E-state index is -4.67. The smallest absolute Gasteiger partial charge is 0.264 e. The Labute approximate surface area is 270 Å². The third kappa shape index (κ3) is 51.6. The summed E-state index contributed by atoms with van der Waals surface area (Å²) < 4.78 is 33.1. The molecule has 0 aromatic rings. The summed E-state index contributed by atoms with van der Waals surface area (Å²) in [5.74, 6) is 0. The van der Waals surface area contributed by atoms with Crippen LogP contribution in [0.1, 0.15) is 212 Å². The van der Waals surface area contributed by atoms with Crippen LogP contribution in [-0.2, 0) is 10.4 Å². The van der Waals surface area contributed by atoms with Crippen molar-refractivity contribution in [3.05, 3.63) is 0 Å². The predicted octanol–water partition coefficient (Wildman–Crippen LogP) is 12.4. The summed E-state index contributed by atoms with van der Waals surface area (Å²) in [5.41, 5.74) is 0. The third-order valence-electron chi connectivity index (χ3n) is 8.21. The van der Waals surface area contributed by atoms with Crippen LogP contribution in [-0.4, -0.2) is 45.5 Å². The molecule has 0 radical (unpaired) electrons. The van der Waals surface area contributed by atoms with Crippen LogP contribution in [0.15, 0.2) is 0 Å². The summed E-state index contributed by atoms with van der Waals surface area (Å²) in [5, 5.41) is 0. The van der Waals surface area contributed by atoms with Crippen LogP contribution in [0.4, 0.5) is 0 Å². The van der Waals surface area contributed by atoms with Gasteiger partial charge in [-0.3, -0.25) is 9.11 Å². The van der Waals surface area contributed by atoms with E-state index in [0.29, 0.717) is 0 Å². The molecule has 0 saturated carbocycles. The molecule has 6 heteroatoms. The minimum absolute atomic E-state index is 1.38. The average Bonchev–Trinajstić information content (AvgIpc) is 2.91. The molecule has 0 aromatic heterocycles. The van der Waals surface area contributed by atoms with E-state index in [4.69, 9.17) is 17.5 Å². The van der Waals surface area contributed by atoms with Crippen molar-refractivity contribution >= 4 is 38.3 Å². The quantitative estimate of drug-likeness (QED) is 0.0459. The molecule has 0 bridgehead atoms. The van der Waals surface area contributed by atoms with Gasteiger partial charge in [0.05, 0.1) is 0 Å². The Morgan fingerprint density at radius 3 is 0.600 bits per heavy atom. The van der Waals surface area contributed by atoms with E-state index < -0.39 is 10.4 Å². The molecule has 4 nitrogen and oxygen atoms in total. The molecule has 0 unspecified atom stereocenters. The molecular weight excluding hydrogens is 527 g/mol. The molecule has 0 fully saturated rings. The van der Waals surface area contributed by atoms with Crippen molar-refractivity contribution in [1.82, 2.24) is 0 Å². The van der Waals surface area contributed by atoms with E-state index in [0.717, 1.165) is 0 Å². The van der Waals surface area contributed by atoms with Crippen LogP contribution >= 0.6 is 0 Å². The molecule has 0 aromatic carbocycles. The Bertz CT molecular complexity index is 502. The van der Waals surface area contributed by atoms with E-state index in [2.05, 4.69) is 6.92 Å². The molecule has 0 atom stereocenters. The fourth-order valence-electron chi connectivity index (χ4n) is 5.63. The van der Waals surface area contributed by atoms with Gasteiger partial charge in [-0.25, -0.2) is 0 Å². The first kappa shape index (κ1) is 43.0. The summed E-state index contributed by atoms with van der Waals surface area (Å²) in [6, 6.07) is 0. The summed E-state index contributed by atoms with van der Waals surface area (Å²) in [6.45, 7) is 2.31. The van der Waals surface area contributed by atoms with Crippen LogP contribution in [0, 0.1) is 0 Å². The van der Waals surface area contributed by atoms with Gasteiger partial charge in [-0.15, -0.1) is 0 Å². The standard InChI is InChI=1S/C34H69.Na.H2O4S/c1-3-5-7-9-11-13-15-17-19-21-23-25-27-29-31-33-34-32-30-28-26-24-22-20-18-16-14-12-10-8-6-4-2;;1-5(2,3)4/h1,3-34H2,2H3;;(H2,1,2,3,4). The molecular formula is C34H71NaO4S. The summed E-state index contributed by atoms with van der Waals surface area (Å²) in [6.07, 6.45) is 47.7. The molecule has 0 heterocycles. The fourth-order valence-corrected chi connectivity index (χ4v) is 6.13. The van der Waals surface area contributed by atoms with Gasteiger partial charge in [-0.1, -0.05) is 142 Å². The molecule has 40 heavy (non-hydrogen) atoms. The first-order valence-electron chi connectivity index (χ1n) is 18.1. The number of hydrogen-bond acceptors (Lipinski definition) is 2. The Morgan fingerprint density at radius 2 is 0.475 bits per heavy atom. The maximum atomic E-state index is 8.74. The van der Waals surface area contributed by atoms with E-state index in [1.54, 1.807) is 0 Å². The van der Waals surface area contributed by atoms with Crippen LogP contribution in [0.3, 0.4) is 0 Å². The van der Waals surface area contributed by atoms with Crippen LogP contribution in [0.25, 0.3) is 0 Å². The number of rotatable bonds is 32. The monoisotopic (exact) mass is 598 g/mol. The van der Waals surface area contributed by atoms with Crippen molar-refractivity contribution in [1.29, 1.82) is 0 Å². The van der Waals surface area contributed by atoms with Crippen LogP contribution in [0.2, 0.25) is 3.67 Å². The minimum Gasteiger partial charge on any atom is -0.264 e. The number of unbranched alkanes of at least 4 members (excludes halogenated alkanes) is 31.